The standard InChI is InChI=1S/C34H37FN6O8/c1-20-14-22(40-10-12-47-13-11-40)16-24(35)28(20)29(42)38-25(31(44)48-19-49-32(45)34(2,3)4)15-21-6-7-27(37-17-21)41-30(43)23-8-9-36-18-26(23)39(5)33(41)46/h6-9,14,16-18,25H,10-13,15,19H2,1-5H3,(H,38,42)/t25-/m0/s1. The summed E-state index contributed by atoms with van der Waals surface area (Å²) in [6.07, 6.45) is 4.03. The second kappa shape index (κ2) is 14.4. The molecule has 1 aliphatic heterocycles. The van der Waals surface area contributed by atoms with Crippen molar-refractivity contribution in [3.63, 3.8) is 0 Å². The molecule has 3 aromatic heterocycles. The summed E-state index contributed by atoms with van der Waals surface area (Å²) in [7, 11) is 1.51. The second-order valence-corrected chi connectivity index (χ2v) is 12.6. The summed E-state index contributed by atoms with van der Waals surface area (Å²) in [6.45, 7) is 7.95. The number of esters is 2. The molecule has 1 N–H and O–H groups in total. The maximum atomic E-state index is 15.4. The van der Waals surface area contributed by atoms with E-state index in [4.69, 9.17) is 14.2 Å². The smallest absolute Gasteiger partial charge is 0.337 e. The number of carbonyl (C=O) groups is 3. The van der Waals surface area contributed by atoms with Crippen LogP contribution in [0.15, 0.2) is 58.5 Å². The second-order valence-electron chi connectivity index (χ2n) is 12.6. The highest BCUT2D eigenvalue weighted by molar-refractivity contribution is 5.98. The molecule has 1 saturated heterocycles. The van der Waals surface area contributed by atoms with E-state index in [2.05, 4.69) is 15.3 Å². The maximum Gasteiger partial charge on any atom is 0.337 e. The zero-order valence-corrected chi connectivity index (χ0v) is 27.8. The molecule has 0 saturated carbocycles. The first-order valence-corrected chi connectivity index (χ1v) is 15.5. The number of hydrogen-bond acceptors (Lipinski definition) is 11. The Labute approximate surface area is 280 Å². The SMILES string of the molecule is Cc1cc(N2CCOCC2)cc(F)c1C(=O)N[C@@H](Cc1ccc(-n2c(=O)c3ccncc3n(C)c2=O)nc1)C(=O)OCOC(=O)C(C)(C)C. The summed E-state index contributed by atoms with van der Waals surface area (Å²) in [4.78, 5) is 75.4. The third kappa shape index (κ3) is 7.67. The van der Waals surface area contributed by atoms with E-state index in [1.165, 1.54) is 54.5 Å². The number of rotatable bonds is 9. The molecule has 49 heavy (non-hydrogen) atoms. The molecule has 1 fully saturated rings. The van der Waals surface area contributed by atoms with Crippen molar-refractivity contribution in [3.05, 3.63) is 92.3 Å². The van der Waals surface area contributed by atoms with E-state index < -0.39 is 53.2 Å². The lowest BCUT2D eigenvalue weighted by molar-refractivity contribution is -0.174. The van der Waals surface area contributed by atoms with Crippen molar-refractivity contribution in [2.24, 2.45) is 12.5 Å². The fourth-order valence-corrected chi connectivity index (χ4v) is 5.30. The normalized spacial score (nSPS) is 14.0. The fourth-order valence-electron chi connectivity index (χ4n) is 5.30. The van der Waals surface area contributed by atoms with Crippen molar-refractivity contribution in [3.8, 4) is 5.82 Å². The largest absolute Gasteiger partial charge is 0.427 e. The monoisotopic (exact) mass is 676 g/mol. The number of morpholine rings is 1. The van der Waals surface area contributed by atoms with Crippen LogP contribution < -0.4 is 21.5 Å². The van der Waals surface area contributed by atoms with Crippen LogP contribution in [0.3, 0.4) is 0 Å². The van der Waals surface area contributed by atoms with Gasteiger partial charge in [-0.15, -0.1) is 0 Å². The number of nitrogens with one attached hydrogen (secondary N) is 1. The van der Waals surface area contributed by atoms with Gasteiger partial charge in [0, 0.05) is 44.6 Å². The van der Waals surface area contributed by atoms with Gasteiger partial charge in [-0.25, -0.2) is 23.5 Å². The number of hydrogen-bond donors (Lipinski definition) is 1. The number of nitrogens with zero attached hydrogens (tertiary/aromatic N) is 5. The quantitative estimate of drug-likeness (QED) is 0.204. The van der Waals surface area contributed by atoms with E-state index in [9.17, 15) is 24.0 Å². The molecule has 258 valence electrons. The first kappa shape index (κ1) is 34.9. The summed E-state index contributed by atoms with van der Waals surface area (Å²) in [5.74, 6) is -3.15. The number of fused-ring (bicyclic) bond motifs is 1. The van der Waals surface area contributed by atoms with Crippen molar-refractivity contribution in [1.82, 2.24) is 24.4 Å². The topological polar surface area (TPSA) is 164 Å². The number of ether oxygens (including phenoxy) is 3. The third-order valence-corrected chi connectivity index (χ3v) is 8.02. The van der Waals surface area contributed by atoms with Gasteiger partial charge in [0.15, 0.2) is 0 Å². The predicted molar refractivity (Wildman–Crippen MR) is 176 cm³/mol. The van der Waals surface area contributed by atoms with E-state index in [-0.39, 0.29) is 23.2 Å². The molecule has 0 spiro atoms. The molecule has 1 aliphatic rings. The molecular weight excluding hydrogens is 639 g/mol. The lowest BCUT2D eigenvalue weighted by atomic mass is 9.98. The Balaban J connectivity index is 1.40. The zero-order valence-electron chi connectivity index (χ0n) is 27.8. The number of aromatic nitrogens is 4. The van der Waals surface area contributed by atoms with Gasteiger partial charge in [-0.2, -0.15) is 0 Å². The van der Waals surface area contributed by atoms with Crippen LogP contribution >= 0.6 is 0 Å². The molecule has 15 heteroatoms. The molecule has 1 atom stereocenters. The Morgan fingerprint density at radius 1 is 1.06 bits per heavy atom. The van der Waals surface area contributed by atoms with Gasteiger partial charge in [0.05, 0.1) is 41.3 Å². The van der Waals surface area contributed by atoms with Crippen LogP contribution in [-0.2, 0) is 37.3 Å². The van der Waals surface area contributed by atoms with E-state index in [0.29, 0.717) is 48.6 Å². The van der Waals surface area contributed by atoms with Crippen LogP contribution in [0.5, 0.6) is 0 Å². The Kier molecular flexibility index (Phi) is 10.2. The summed E-state index contributed by atoms with van der Waals surface area (Å²) in [6, 6.07) is 6.05. The summed E-state index contributed by atoms with van der Waals surface area (Å²) >= 11 is 0. The van der Waals surface area contributed by atoms with Crippen LogP contribution in [0, 0.1) is 18.2 Å². The Morgan fingerprint density at radius 2 is 1.80 bits per heavy atom. The average molecular weight is 677 g/mol. The van der Waals surface area contributed by atoms with Crippen molar-refractivity contribution in [2.45, 2.75) is 40.2 Å². The molecule has 0 bridgehead atoms. The summed E-state index contributed by atoms with van der Waals surface area (Å²) in [5, 5.41) is 2.82. The van der Waals surface area contributed by atoms with Crippen molar-refractivity contribution in [2.75, 3.05) is 38.0 Å². The van der Waals surface area contributed by atoms with Gasteiger partial charge in [0.2, 0.25) is 6.79 Å². The number of aryl methyl sites for hydroxylation is 2. The molecular formula is C34H37FN6O8. The summed E-state index contributed by atoms with van der Waals surface area (Å²) in [5.41, 5.74) is -0.586. The summed E-state index contributed by atoms with van der Waals surface area (Å²) < 4.78 is 33.2. The molecule has 1 amide bonds. The van der Waals surface area contributed by atoms with E-state index in [1.807, 2.05) is 4.90 Å². The van der Waals surface area contributed by atoms with E-state index in [1.54, 1.807) is 33.8 Å². The van der Waals surface area contributed by atoms with Gasteiger partial charge in [-0.1, -0.05) is 6.07 Å². The lowest BCUT2D eigenvalue weighted by Gasteiger charge is -2.29. The molecule has 4 heterocycles. The number of carbonyl (C=O) groups excluding carboxylic acids is 3. The number of pyridine rings is 2. The molecule has 1 aromatic carbocycles. The van der Waals surface area contributed by atoms with Gasteiger partial charge in [0.25, 0.3) is 11.5 Å². The molecule has 5 rings (SSSR count). The van der Waals surface area contributed by atoms with Crippen LogP contribution in [0.1, 0.15) is 42.3 Å². The number of benzene rings is 1. The minimum atomic E-state index is -1.37. The number of anilines is 1. The number of amides is 1. The third-order valence-electron chi connectivity index (χ3n) is 8.02. The Hall–Kier alpha value is -5.44. The molecule has 14 nitrogen and oxygen atoms in total. The van der Waals surface area contributed by atoms with Crippen molar-refractivity contribution >= 4 is 34.4 Å². The minimum absolute atomic E-state index is 0.0309. The van der Waals surface area contributed by atoms with Gasteiger partial charge in [0.1, 0.15) is 17.7 Å². The van der Waals surface area contributed by atoms with Crippen molar-refractivity contribution in [1.29, 1.82) is 0 Å². The van der Waals surface area contributed by atoms with Crippen LogP contribution in [-0.4, -0.2) is 76.1 Å². The van der Waals surface area contributed by atoms with Gasteiger partial charge >= 0.3 is 17.6 Å². The highest BCUT2D eigenvalue weighted by Crippen LogP contribution is 2.24. The maximum absolute atomic E-state index is 15.4. The average Bonchev–Trinajstić information content (AvgIpc) is 3.07. The highest BCUT2D eigenvalue weighted by atomic mass is 19.1. The van der Waals surface area contributed by atoms with Gasteiger partial charge in [-0.3, -0.25) is 23.9 Å². The fraction of sp³-hybridized carbons (Fsp3) is 0.382. The first-order chi connectivity index (χ1) is 23.3. The molecule has 4 aromatic rings. The van der Waals surface area contributed by atoms with Gasteiger partial charge in [-0.05, 0) is 63.1 Å². The van der Waals surface area contributed by atoms with Crippen molar-refractivity contribution < 1.29 is 33.0 Å². The van der Waals surface area contributed by atoms with Crippen LogP contribution in [0.25, 0.3) is 16.7 Å². The predicted octanol–water partition coefficient (Wildman–Crippen LogP) is 2.19. The highest BCUT2D eigenvalue weighted by Gasteiger charge is 2.28. The van der Waals surface area contributed by atoms with Crippen LogP contribution in [0.4, 0.5) is 10.1 Å². The molecule has 0 aliphatic carbocycles. The number of halogens is 1. The lowest BCUT2D eigenvalue weighted by Crippen LogP contribution is -2.44. The Morgan fingerprint density at radius 3 is 2.45 bits per heavy atom. The van der Waals surface area contributed by atoms with Crippen LogP contribution in [0.2, 0.25) is 0 Å². The van der Waals surface area contributed by atoms with E-state index >= 15 is 4.39 Å². The molecule has 0 unspecified atom stereocenters. The van der Waals surface area contributed by atoms with E-state index in [0.717, 1.165) is 4.57 Å². The zero-order chi connectivity index (χ0) is 35.5. The van der Waals surface area contributed by atoms with Gasteiger partial charge < -0.3 is 24.4 Å². The molecule has 0 radical (unpaired) electrons. The Bertz CT molecular complexity index is 1990. The first-order valence-electron chi connectivity index (χ1n) is 15.5. The minimum Gasteiger partial charge on any atom is -0.427 e.